The van der Waals surface area contributed by atoms with E-state index in [-0.39, 0.29) is 0 Å². The monoisotopic (exact) mass is 567 g/mol. The highest BCUT2D eigenvalue weighted by atomic mass is 14.8. The fourth-order valence-electron chi connectivity index (χ4n) is 6.40. The molecule has 7 rings (SSSR count). The van der Waals surface area contributed by atoms with Crippen molar-refractivity contribution in [2.24, 2.45) is 0 Å². The molecule has 3 heteroatoms. The van der Waals surface area contributed by atoms with E-state index in [1.807, 2.05) is 24.5 Å². The molecule has 0 aliphatic heterocycles. The van der Waals surface area contributed by atoms with Gasteiger partial charge >= 0.3 is 0 Å². The molecule has 0 aliphatic carbocycles. The number of benzene rings is 4. The average molecular weight is 568 g/mol. The largest absolute Gasteiger partial charge is 0.260 e. The van der Waals surface area contributed by atoms with E-state index in [0.29, 0.717) is 0 Å². The number of hydrogen-bond acceptors (Lipinski definition) is 3. The highest BCUT2D eigenvalue weighted by Crippen LogP contribution is 2.42. The normalized spacial score (nSPS) is 14.0. The van der Waals surface area contributed by atoms with E-state index in [9.17, 15) is 0 Å². The molecule has 0 saturated carbocycles. The van der Waals surface area contributed by atoms with Gasteiger partial charge in [-0.05, 0) is 72.3 Å². The maximum Gasteiger partial charge on any atom is 0.0784 e. The molecule has 3 aromatic heterocycles. The predicted octanol–water partition coefficient (Wildman–Crippen LogP) is 9.40. The molecule has 3 nitrogen and oxygen atoms in total. The van der Waals surface area contributed by atoms with E-state index in [1.165, 1.54) is 5.56 Å². The highest BCUT2D eigenvalue weighted by Gasteiger charge is 2.36. The van der Waals surface area contributed by atoms with Gasteiger partial charge in [0, 0.05) is 23.3 Å². The second kappa shape index (κ2) is 11.3. The minimum Gasteiger partial charge on any atom is -0.260 e. The van der Waals surface area contributed by atoms with Crippen LogP contribution in [0.15, 0.2) is 164 Å². The Morgan fingerprint density at radius 1 is 0.432 bits per heavy atom. The second-order valence-electron chi connectivity index (χ2n) is 11.6. The number of pyridine rings is 3. The summed E-state index contributed by atoms with van der Waals surface area (Å²) < 4.78 is 0. The Morgan fingerprint density at radius 3 is 1.61 bits per heavy atom. The summed E-state index contributed by atoms with van der Waals surface area (Å²) in [6.45, 7) is 4.49. The van der Waals surface area contributed by atoms with Crippen LogP contribution in [-0.4, -0.2) is 15.0 Å². The van der Waals surface area contributed by atoms with Gasteiger partial charge in [0.25, 0.3) is 0 Å². The van der Waals surface area contributed by atoms with Gasteiger partial charge in [0.1, 0.15) is 0 Å². The van der Waals surface area contributed by atoms with E-state index in [0.717, 1.165) is 50.2 Å². The van der Waals surface area contributed by atoms with Crippen LogP contribution in [0.1, 0.15) is 47.6 Å². The van der Waals surface area contributed by atoms with Gasteiger partial charge < -0.3 is 0 Å². The summed E-state index contributed by atoms with van der Waals surface area (Å²) in [4.78, 5) is 15.2. The van der Waals surface area contributed by atoms with Gasteiger partial charge in [0.15, 0.2) is 0 Å². The predicted molar refractivity (Wildman–Crippen MR) is 180 cm³/mol. The first kappa shape index (κ1) is 27.4. The lowest BCUT2D eigenvalue weighted by Crippen LogP contribution is -2.28. The maximum atomic E-state index is 5.51. The Hall–Kier alpha value is -5.41. The molecule has 0 radical (unpaired) electrons. The first-order valence-corrected chi connectivity index (χ1v) is 15.0. The van der Waals surface area contributed by atoms with Crippen molar-refractivity contribution in [1.82, 2.24) is 15.0 Å². The van der Waals surface area contributed by atoms with Crippen molar-refractivity contribution < 1.29 is 0 Å². The van der Waals surface area contributed by atoms with Crippen molar-refractivity contribution in [3.63, 3.8) is 0 Å². The summed E-state index contributed by atoms with van der Waals surface area (Å²) >= 11 is 0. The van der Waals surface area contributed by atoms with E-state index in [1.54, 1.807) is 0 Å². The minimum atomic E-state index is -0.564. The van der Waals surface area contributed by atoms with Gasteiger partial charge in [-0.3, -0.25) is 15.0 Å². The van der Waals surface area contributed by atoms with Gasteiger partial charge in [-0.15, -0.1) is 0 Å². The molecule has 2 atom stereocenters. The Bertz CT molecular complexity index is 1940. The molecule has 4 aromatic carbocycles. The number of rotatable bonds is 7. The van der Waals surface area contributed by atoms with Crippen molar-refractivity contribution in [3.8, 4) is 11.3 Å². The quantitative estimate of drug-likeness (QED) is 0.193. The Kier molecular flexibility index (Phi) is 7.07. The standard InChI is InChI=1S/C41H33N3/c1-40(32-18-5-3-6-19-32,36-24-11-13-26-42-36)34-22-15-17-31(28-34)39-35-23-10-9-16-30(35)29-38(44-39)41(2,33-20-7-4-8-21-33)37-25-12-14-27-43-37/h3-29H,1-2H3/t40?,41-/m1/s1. The lowest BCUT2D eigenvalue weighted by molar-refractivity contribution is 0.643. The molecule has 1 unspecified atom stereocenters. The van der Waals surface area contributed by atoms with Gasteiger partial charge in [-0.1, -0.05) is 115 Å². The first-order chi connectivity index (χ1) is 21.6. The lowest BCUT2D eigenvalue weighted by atomic mass is 9.73. The zero-order valence-corrected chi connectivity index (χ0v) is 24.9. The SMILES string of the molecule is CC(c1ccccc1)(c1cccc(-c2nc([C@](C)(c3ccccc3)c3ccccn3)cc3ccccc23)c1)c1ccccn1. The van der Waals surface area contributed by atoms with Crippen LogP contribution in [0, 0.1) is 0 Å². The van der Waals surface area contributed by atoms with Crippen LogP contribution in [0.4, 0.5) is 0 Å². The molecule has 44 heavy (non-hydrogen) atoms. The molecule has 0 amide bonds. The van der Waals surface area contributed by atoms with Gasteiger partial charge in [-0.25, -0.2) is 0 Å². The minimum absolute atomic E-state index is 0.460. The van der Waals surface area contributed by atoms with E-state index in [2.05, 4.69) is 153 Å². The third-order valence-corrected chi connectivity index (χ3v) is 9.02. The van der Waals surface area contributed by atoms with E-state index >= 15 is 0 Å². The molecule has 3 heterocycles. The first-order valence-electron chi connectivity index (χ1n) is 15.0. The third kappa shape index (κ3) is 4.67. The summed E-state index contributed by atoms with van der Waals surface area (Å²) in [5.41, 5.74) is 7.40. The molecular weight excluding hydrogens is 534 g/mol. The van der Waals surface area contributed by atoms with E-state index in [4.69, 9.17) is 15.0 Å². The zero-order chi connectivity index (χ0) is 30.0. The smallest absolute Gasteiger partial charge is 0.0784 e. The second-order valence-corrected chi connectivity index (χ2v) is 11.6. The van der Waals surface area contributed by atoms with Crippen LogP contribution in [0.25, 0.3) is 22.0 Å². The lowest BCUT2D eigenvalue weighted by Gasteiger charge is -2.31. The van der Waals surface area contributed by atoms with Crippen LogP contribution in [0.2, 0.25) is 0 Å². The van der Waals surface area contributed by atoms with Gasteiger partial charge in [0.05, 0.1) is 33.6 Å². The Balaban J connectivity index is 1.47. The molecule has 0 N–H and O–H groups in total. The fourth-order valence-corrected chi connectivity index (χ4v) is 6.40. The summed E-state index contributed by atoms with van der Waals surface area (Å²) in [5, 5.41) is 2.26. The molecule has 0 saturated heterocycles. The fraction of sp³-hybridized carbons (Fsp3) is 0.0976. The van der Waals surface area contributed by atoms with Crippen LogP contribution in [0.3, 0.4) is 0 Å². The Labute approximate surface area is 259 Å². The van der Waals surface area contributed by atoms with Crippen molar-refractivity contribution >= 4 is 10.8 Å². The molecule has 0 aliphatic rings. The summed E-state index contributed by atoms with van der Waals surface area (Å²) in [6.07, 6.45) is 3.74. The number of hydrogen-bond donors (Lipinski definition) is 0. The Morgan fingerprint density at radius 2 is 0.977 bits per heavy atom. The van der Waals surface area contributed by atoms with E-state index < -0.39 is 10.8 Å². The van der Waals surface area contributed by atoms with Crippen LogP contribution in [0.5, 0.6) is 0 Å². The van der Waals surface area contributed by atoms with Crippen LogP contribution >= 0.6 is 0 Å². The van der Waals surface area contributed by atoms with Crippen molar-refractivity contribution in [2.45, 2.75) is 24.7 Å². The van der Waals surface area contributed by atoms with Crippen LogP contribution < -0.4 is 0 Å². The molecule has 0 bridgehead atoms. The molecule has 212 valence electrons. The topological polar surface area (TPSA) is 38.7 Å². The number of nitrogens with zero attached hydrogens (tertiary/aromatic N) is 3. The van der Waals surface area contributed by atoms with Crippen molar-refractivity contribution in [3.05, 3.63) is 198 Å². The van der Waals surface area contributed by atoms with Crippen molar-refractivity contribution in [2.75, 3.05) is 0 Å². The summed E-state index contributed by atoms with van der Waals surface area (Å²) in [6, 6.07) is 53.1. The summed E-state index contributed by atoms with van der Waals surface area (Å²) in [5.74, 6) is 0. The molecule has 0 fully saturated rings. The number of fused-ring (bicyclic) bond motifs is 1. The highest BCUT2D eigenvalue weighted by molar-refractivity contribution is 5.95. The van der Waals surface area contributed by atoms with Crippen molar-refractivity contribution in [1.29, 1.82) is 0 Å². The van der Waals surface area contributed by atoms with Gasteiger partial charge in [0.2, 0.25) is 0 Å². The third-order valence-electron chi connectivity index (χ3n) is 9.02. The zero-order valence-electron chi connectivity index (χ0n) is 24.9. The molecule has 0 spiro atoms. The average Bonchev–Trinajstić information content (AvgIpc) is 3.12. The summed E-state index contributed by atoms with van der Waals surface area (Å²) in [7, 11) is 0. The van der Waals surface area contributed by atoms with Crippen LogP contribution in [-0.2, 0) is 10.8 Å². The molecular formula is C41H33N3. The molecule has 7 aromatic rings. The number of aromatic nitrogens is 3. The van der Waals surface area contributed by atoms with Gasteiger partial charge in [-0.2, -0.15) is 0 Å². The maximum absolute atomic E-state index is 5.51.